The van der Waals surface area contributed by atoms with Crippen LogP contribution in [0.5, 0.6) is 0 Å². The lowest BCUT2D eigenvalue weighted by Crippen LogP contribution is -2.09. The Morgan fingerprint density at radius 3 is 3.00 bits per heavy atom. The van der Waals surface area contributed by atoms with Crippen LogP contribution < -0.4 is 0 Å². The van der Waals surface area contributed by atoms with Crippen LogP contribution in [0, 0.1) is 12.3 Å². The van der Waals surface area contributed by atoms with E-state index >= 15 is 0 Å². The van der Waals surface area contributed by atoms with Gasteiger partial charge in [-0.2, -0.15) is 4.39 Å². The summed E-state index contributed by atoms with van der Waals surface area (Å²) in [4.78, 5) is 0. The van der Waals surface area contributed by atoms with Crippen molar-refractivity contribution in [3.05, 3.63) is 41.6 Å². The fraction of sp³-hybridized carbons (Fsp3) is 0.462. The van der Waals surface area contributed by atoms with Crippen molar-refractivity contribution in [3.8, 4) is 0 Å². The van der Waals surface area contributed by atoms with Crippen LogP contribution in [0.1, 0.15) is 32.6 Å². The van der Waals surface area contributed by atoms with Gasteiger partial charge in [0, 0.05) is 30.4 Å². The monoisotopic (exact) mass is 191 g/mol. The van der Waals surface area contributed by atoms with E-state index in [4.69, 9.17) is 0 Å². The summed E-state index contributed by atoms with van der Waals surface area (Å²) >= 11 is 0. The van der Waals surface area contributed by atoms with E-state index in [1.807, 2.05) is 6.42 Å². The summed E-state index contributed by atoms with van der Waals surface area (Å²) in [6.45, 7) is 2.25. The Labute approximate surface area is 85.2 Å². The molecule has 0 nitrogen and oxygen atoms in total. The Balaban J connectivity index is 2.25. The second-order valence-electron chi connectivity index (χ2n) is 4.18. The molecule has 1 unspecified atom stereocenters. The predicted molar refractivity (Wildman–Crippen MR) is 57.3 cm³/mol. The molecule has 0 saturated heterocycles. The molecule has 2 aliphatic rings. The summed E-state index contributed by atoms with van der Waals surface area (Å²) < 4.78 is 13.0. The fourth-order valence-electron chi connectivity index (χ4n) is 2.30. The number of halogens is 1. The van der Waals surface area contributed by atoms with Crippen molar-refractivity contribution in [1.29, 1.82) is 0 Å². The van der Waals surface area contributed by atoms with E-state index < -0.39 is 0 Å². The molecule has 0 aliphatic heterocycles. The molecule has 14 heavy (non-hydrogen) atoms. The highest BCUT2D eigenvalue weighted by molar-refractivity contribution is 5.45. The lowest BCUT2D eigenvalue weighted by molar-refractivity contribution is 0.480. The van der Waals surface area contributed by atoms with E-state index in [1.165, 1.54) is 30.9 Å². The van der Waals surface area contributed by atoms with Crippen molar-refractivity contribution in [2.45, 2.75) is 32.6 Å². The van der Waals surface area contributed by atoms with E-state index in [0.717, 1.165) is 12.0 Å². The SMILES string of the molecule is CC1CCCC/C1=C1\C=C(F)C=C[CH+]1. The summed E-state index contributed by atoms with van der Waals surface area (Å²) in [5.41, 5.74) is 2.55. The van der Waals surface area contributed by atoms with Crippen molar-refractivity contribution in [2.75, 3.05) is 0 Å². The largest absolute Gasteiger partial charge is 0.205 e. The summed E-state index contributed by atoms with van der Waals surface area (Å²) in [7, 11) is 0. The molecule has 0 amide bonds. The standard InChI is InChI=1S/C13H16F/c1-10-5-2-3-8-13(10)11-6-4-7-12(14)9-11/h4,6-7,9-10H,2-3,5,8H2,1H3/q+1/b13-11+. The first-order chi connectivity index (χ1) is 6.77. The second-order valence-corrected chi connectivity index (χ2v) is 4.18. The van der Waals surface area contributed by atoms with Crippen LogP contribution in [0.2, 0.25) is 0 Å². The fourth-order valence-corrected chi connectivity index (χ4v) is 2.30. The average molecular weight is 191 g/mol. The van der Waals surface area contributed by atoms with E-state index in [1.54, 1.807) is 12.2 Å². The number of rotatable bonds is 0. The molecule has 0 N–H and O–H groups in total. The first-order valence-electron chi connectivity index (χ1n) is 5.39. The van der Waals surface area contributed by atoms with Gasteiger partial charge in [-0.3, -0.25) is 0 Å². The highest BCUT2D eigenvalue weighted by Gasteiger charge is 2.23. The number of hydrogen-bond donors (Lipinski definition) is 0. The van der Waals surface area contributed by atoms with Crippen LogP contribution in [0.25, 0.3) is 0 Å². The maximum absolute atomic E-state index is 13.0. The molecule has 2 rings (SSSR count). The molecule has 1 fully saturated rings. The first-order valence-corrected chi connectivity index (χ1v) is 5.39. The Morgan fingerprint density at radius 1 is 1.43 bits per heavy atom. The van der Waals surface area contributed by atoms with Crippen molar-refractivity contribution in [1.82, 2.24) is 0 Å². The highest BCUT2D eigenvalue weighted by atomic mass is 19.1. The van der Waals surface area contributed by atoms with Gasteiger partial charge >= 0.3 is 0 Å². The second kappa shape index (κ2) is 4.04. The van der Waals surface area contributed by atoms with Crippen LogP contribution >= 0.6 is 0 Å². The minimum absolute atomic E-state index is 0.118. The maximum atomic E-state index is 13.0. The van der Waals surface area contributed by atoms with E-state index in [-0.39, 0.29) is 5.83 Å². The molecule has 1 heteroatoms. The quantitative estimate of drug-likeness (QED) is 0.505. The molecular formula is C13H16F+. The molecule has 0 radical (unpaired) electrons. The zero-order valence-corrected chi connectivity index (χ0v) is 8.59. The Morgan fingerprint density at radius 2 is 2.29 bits per heavy atom. The van der Waals surface area contributed by atoms with Crippen LogP contribution in [-0.2, 0) is 0 Å². The van der Waals surface area contributed by atoms with Gasteiger partial charge in [-0.25, -0.2) is 0 Å². The molecular weight excluding hydrogens is 175 g/mol. The van der Waals surface area contributed by atoms with Gasteiger partial charge in [-0.05, 0) is 19.8 Å². The lowest BCUT2D eigenvalue weighted by Gasteiger charge is -2.20. The minimum atomic E-state index is -0.118. The number of hydrogen-bond acceptors (Lipinski definition) is 0. The summed E-state index contributed by atoms with van der Waals surface area (Å²) in [5, 5.41) is 0. The van der Waals surface area contributed by atoms with Crippen molar-refractivity contribution < 1.29 is 4.39 Å². The smallest absolute Gasteiger partial charge is 0.183 e. The predicted octanol–water partition coefficient (Wildman–Crippen LogP) is 4.12. The zero-order chi connectivity index (χ0) is 9.97. The summed E-state index contributed by atoms with van der Waals surface area (Å²) in [6, 6.07) is 0. The van der Waals surface area contributed by atoms with Crippen LogP contribution in [0.15, 0.2) is 35.2 Å². The van der Waals surface area contributed by atoms with Gasteiger partial charge in [0.1, 0.15) is 0 Å². The zero-order valence-electron chi connectivity index (χ0n) is 8.59. The van der Waals surface area contributed by atoms with Gasteiger partial charge in [0.2, 0.25) is 5.83 Å². The molecule has 0 aromatic rings. The van der Waals surface area contributed by atoms with Gasteiger partial charge in [0.05, 0.1) is 17.7 Å². The van der Waals surface area contributed by atoms with Gasteiger partial charge in [0.25, 0.3) is 0 Å². The molecule has 1 atom stereocenters. The third kappa shape index (κ3) is 1.92. The molecule has 2 aliphatic carbocycles. The molecule has 0 bridgehead atoms. The molecule has 0 spiro atoms. The molecule has 1 saturated carbocycles. The number of allylic oxidation sites excluding steroid dienone is 6. The molecule has 74 valence electrons. The van der Waals surface area contributed by atoms with Crippen LogP contribution in [0.3, 0.4) is 0 Å². The van der Waals surface area contributed by atoms with Crippen molar-refractivity contribution in [3.63, 3.8) is 0 Å². The Hall–Kier alpha value is -0.980. The lowest BCUT2D eigenvalue weighted by atomic mass is 9.81. The van der Waals surface area contributed by atoms with E-state index in [0.29, 0.717) is 5.92 Å². The van der Waals surface area contributed by atoms with Crippen LogP contribution in [0.4, 0.5) is 4.39 Å². The molecule has 0 aromatic carbocycles. The summed E-state index contributed by atoms with van der Waals surface area (Å²) in [5.74, 6) is 0.512. The average Bonchev–Trinajstić information content (AvgIpc) is 2.18. The highest BCUT2D eigenvalue weighted by Crippen LogP contribution is 2.34. The third-order valence-electron chi connectivity index (χ3n) is 3.12. The van der Waals surface area contributed by atoms with Gasteiger partial charge < -0.3 is 0 Å². The van der Waals surface area contributed by atoms with Gasteiger partial charge in [0.15, 0.2) is 0 Å². The topological polar surface area (TPSA) is 0 Å². The third-order valence-corrected chi connectivity index (χ3v) is 3.12. The van der Waals surface area contributed by atoms with E-state index in [2.05, 4.69) is 6.92 Å². The molecule has 0 heterocycles. The van der Waals surface area contributed by atoms with E-state index in [9.17, 15) is 4.39 Å². The normalized spacial score (nSPS) is 32.4. The van der Waals surface area contributed by atoms with Crippen molar-refractivity contribution >= 4 is 0 Å². The van der Waals surface area contributed by atoms with Gasteiger partial charge in [-0.15, -0.1) is 0 Å². The Bertz CT molecular complexity index is 307. The van der Waals surface area contributed by atoms with Crippen molar-refractivity contribution in [2.24, 2.45) is 5.92 Å². The first kappa shape index (κ1) is 9.57. The maximum Gasteiger partial charge on any atom is 0.205 e. The Kier molecular flexibility index (Phi) is 2.76. The molecule has 0 aromatic heterocycles. The van der Waals surface area contributed by atoms with Gasteiger partial charge in [-0.1, -0.05) is 6.42 Å². The summed E-state index contributed by atoms with van der Waals surface area (Å²) in [6.07, 6.45) is 12.0. The minimum Gasteiger partial charge on any atom is -0.183 e. The van der Waals surface area contributed by atoms with Crippen LogP contribution in [-0.4, -0.2) is 0 Å².